The Morgan fingerprint density at radius 2 is 2.21 bits per heavy atom. The molecular formula is C15H22ClNO2. The van der Waals surface area contributed by atoms with E-state index in [0.29, 0.717) is 17.7 Å². The van der Waals surface area contributed by atoms with Crippen molar-refractivity contribution >= 4 is 11.6 Å². The minimum absolute atomic E-state index is 0.201. The molecule has 4 heteroatoms. The van der Waals surface area contributed by atoms with Gasteiger partial charge in [-0.15, -0.1) is 0 Å². The summed E-state index contributed by atoms with van der Waals surface area (Å²) in [5.41, 5.74) is 0. The molecule has 2 rings (SSSR count). The van der Waals surface area contributed by atoms with Crippen LogP contribution in [0.4, 0.5) is 0 Å². The summed E-state index contributed by atoms with van der Waals surface area (Å²) in [4.78, 5) is 0. The lowest BCUT2D eigenvalue weighted by molar-refractivity contribution is 0.0187. The van der Waals surface area contributed by atoms with E-state index in [9.17, 15) is 0 Å². The topological polar surface area (TPSA) is 30.5 Å². The Morgan fingerprint density at radius 1 is 1.37 bits per heavy atom. The van der Waals surface area contributed by atoms with Crippen LogP contribution in [0.1, 0.15) is 26.2 Å². The van der Waals surface area contributed by atoms with Crippen molar-refractivity contribution in [3.8, 4) is 5.75 Å². The SMILES string of the molecule is CCCNCC1CCC(COc2cccc(Cl)c2)O1. The Balaban J connectivity index is 1.67. The quantitative estimate of drug-likeness (QED) is 0.779. The third kappa shape index (κ3) is 5.01. The summed E-state index contributed by atoms with van der Waals surface area (Å²) in [5.74, 6) is 0.809. The summed E-state index contributed by atoms with van der Waals surface area (Å²) in [6.45, 7) is 4.78. The average molecular weight is 284 g/mol. The van der Waals surface area contributed by atoms with Gasteiger partial charge in [-0.2, -0.15) is 0 Å². The second-order valence-corrected chi connectivity index (χ2v) is 5.37. The van der Waals surface area contributed by atoms with Gasteiger partial charge in [-0.25, -0.2) is 0 Å². The molecule has 0 radical (unpaired) electrons. The molecular weight excluding hydrogens is 262 g/mol. The van der Waals surface area contributed by atoms with E-state index < -0.39 is 0 Å². The third-order valence-corrected chi connectivity index (χ3v) is 3.46. The highest BCUT2D eigenvalue weighted by Crippen LogP contribution is 2.22. The first-order valence-corrected chi connectivity index (χ1v) is 7.40. The fraction of sp³-hybridized carbons (Fsp3) is 0.600. The van der Waals surface area contributed by atoms with Crippen molar-refractivity contribution < 1.29 is 9.47 Å². The molecule has 3 nitrogen and oxygen atoms in total. The summed E-state index contributed by atoms with van der Waals surface area (Å²) < 4.78 is 11.7. The van der Waals surface area contributed by atoms with Gasteiger partial charge < -0.3 is 14.8 Å². The summed E-state index contributed by atoms with van der Waals surface area (Å²) in [6, 6.07) is 7.48. The first-order chi connectivity index (χ1) is 9.28. The number of benzene rings is 1. The van der Waals surface area contributed by atoms with Crippen molar-refractivity contribution in [2.24, 2.45) is 0 Å². The van der Waals surface area contributed by atoms with Crippen LogP contribution in [0, 0.1) is 0 Å². The van der Waals surface area contributed by atoms with Crippen molar-refractivity contribution in [1.29, 1.82) is 0 Å². The van der Waals surface area contributed by atoms with Crippen LogP contribution >= 0.6 is 11.6 Å². The zero-order chi connectivity index (χ0) is 13.5. The molecule has 19 heavy (non-hydrogen) atoms. The highest BCUT2D eigenvalue weighted by molar-refractivity contribution is 6.30. The fourth-order valence-electron chi connectivity index (χ4n) is 2.24. The van der Waals surface area contributed by atoms with Gasteiger partial charge in [-0.05, 0) is 44.0 Å². The van der Waals surface area contributed by atoms with Crippen LogP contribution in [0.3, 0.4) is 0 Å². The molecule has 1 aromatic carbocycles. The molecule has 1 N–H and O–H groups in total. The second kappa shape index (κ2) is 7.73. The smallest absolute Gasteiger partial charge is 0.120 e. The minimum atomic E-state index is 0.201. The lowest BCUT2D eigenvalue weighted by atomic mass is 10.2. The molecule has 0 spiro atoms. The lowest BCUT2D eigenvalue weighted by Crippen LogP contribution is -2.28. The summed E-state index contributed by atoms with van der Waals surface area (Å²) in [5, 5.41) is 4.10. The molecule has 1 saturated heterocycles. The first kappa shape index (κ1) is 14.6. The third-order valence-electron chi connectivity index (χ3n) is 3.23. The number of halogens is 1. The van der Waals surface area contributed by atoms with Crippen molar-refractivity contribution in [2.75, 3.05) is 19.7 Å². The molecule has 0 saturated carbocycles. The molecule has 0 bridgehead atoms. The van der Waals surface area contributed by atoms with Gasteiger partial charge in [0.05, 0.1) is 12.2 Å². The van der Waals surface area contributed by atoms with E-state index in [1.165, 1.54) is 0 Å². The van der Waals surface area contributed by atoms with Gasteiger partial charge in [0, 0.05) is 11.6 Å². The Bertz CT molecular complexity index is 386. The number of hydrogen-bond acceptors (Lipinski definition) is 3. The molecule has 2 unspecified atom stereocenters. The average Bonchev–Trinajstić information content (AvgIpc) is 2.85. The van der Waals surface area contributed by atoms with Crippen LogP contribution < -0.4 is 10.1 Å². The molecule has 0 amide bonds. The van der Waals surface area contributed by atoms with Gasteiger partial charge >= 0.3 is 0 Å². The normalized spacial score (nSPS) is 22.6. The van der Waals surface area contributed by atoms with E-state index in [-0.39, 0.29) is 6.10 Å². The summed E-state index contributed by atoms with van der Waals surface area (Å²) >= 11 is 5.91. The van der Waals surface area contributed by atoms with E-state index in [0.717, 1.165) is 38.1 Å². The molecule has 1 aliphatic heterocycles. The predicted molar refractivity (Wildman–Crippen MR) is 78.0 cm³/mol. The Morgan fingerprint density at radius 3 is 3.00 bits per heavy atom. The molecule has 0 aliphatic carbocycles. The number of rotatable bonds is 7. The number of nitrogens with one attached hydrogen (secondary N) is 1. The van der Waals surface area contributed by atoms with Crippen LogP contribution in [0.5, 0.6) is 5.75 Å². The Hall–Kier alpha value is -0.770. The van der Waals surface area contributed by atoms with Crippen molar-refractivity contribution in [1.82, 2.24) is 5.32 Å². The van der Waals surface area contributed by atoms with Gasteiger partial charge in [-0.3, -0.25) is 0 Å². The fourth-order valence-corrected chi connectivity index (χ4v) is 2.42. The van der Waals surface area contributed by atoms with E-state index in [4.69, 9.17) is 21.1 Å². The number of ether oxygens (including phenoxy) is 2. The van der Waals surface area contributed by atoms with Crippen molar-refractivity contribution in [3.05, 3.63) is 29.3 Å². The maximum atomic E-state index is 5.94. The zero-order valence-electron chi connectivity index (χ0n) is 11.4. The van der Waals surface area contributed by atoms with Crippen LogP contribution in [0.25, 0.3) is 0 Å². The Labute approximate surface area is 120 Å². The van der Waals surface area contributed by atoms with Gasteiger partial charge in [0.25, 0.3) is 0 Å². The van der Waals surface area contributed by atoms with Crippen LogP contribution in [-0.2, 0) is 4.74 Å². The molecule has 106 valence electrons. The molecule has 1 aliphatic rings. The first-order valence-electron chi connectivity index (χ1n) is 7.02. The summed E-state index contributed by atoms with van der Waals surface area (Å²) in [6.07, 6.45) is 3.87. The van der Waals surface area contributed by atoms with Gasteiger partial charge in [0.15, 0.2) is 0 Å². The van der Waals surface area contributed by atoms with Gasteiger partial charge in [-0.1, -0.05) is 24.6 Å². The maximum Gasteiger partial charge on any atom is 0.120 e. The van der Waals surface area contributed by atoms with E-state index in [1.807, 2.05) is 24.3 Å². The largest absolute Gasteiger partial charge is 0.491 e. The summed E-state index contributed by atoms with van der Waals surface area (Å²) in [7, 11) is 0. The van der Waals surface area contributed by atoms with E-state index in [1.54, 1.807) is 0 Å². The van der Waals surface area contributed by atoms with Gasteiger partial charge in [0.2, 0.25) is 0 Å². The predicted octanol–water partition coefficient (Wildman–Crippen LogP) is 3.27. The number of hydrogen-bond donors (Lipinski definition) is 1. The molecule has 1 fully saturated rings. The minimum Gasteiger partial charge on any atom is -0.491 e. The van der Waals surface area contributed by atoms with Gasteiger partial charge in [0.1, 0.15) is 12.4 Å². The standard InChI is InChI=1S/C15H22ClNO2/c1-2-8-17-10-14-6-7-15(19-14)11-18-13-5-3-4-12(16)9-13/h3-5,9,14-15,17H,2,6-8,10-11H2,1H3. The zero-order valence-corrected chi connectivity index (χ0v) is 12.2. The molecule has 1 heterocycles. The molecule has 1 aromatic rings. The highest BCUT2D eigenvalue weighted by Gasteiger charge is 2.25. The van der Waals surface area contributed by atoms with Crippen molar-refractivity contribution in [3.63, 3.8) is 0 Å². The maximum absolute atomic E-state index is 5.94. The molecule has 0 aromatic heterocycles. The molecule has 2 atom stereocenters. The second-order valence-electron chi connectivity index (χ2n) is 4.93. The monoisotopic (exact) mass is 283 g/mol. The lowest BCUT2D eigenvalue weighted by Gasteiger charge is -2.15. The van der Waals surface area contributed by atoms with E-state index >= 15 is 0 Å². The van der Waals surface area contributed by atoms with Crippen LogP contribution in [-0.4, -0.2) is 31.9 Å². The van der Waals surface area contributed by atoms with Crippen molar-refractivity contribution in [2.45, 2.75) is 38.4 Å². The highest BCUT2D eigenvalue weighted by atomic mass is 35.5. The van der Waals surface area contributed by atoms with Crippen LogP contribution in [0.2, 0.25) is 5.02 Å². The Kier molecular flexibility index (Phi) is 5.95. The van der Waals surface area contributed by atoms with E-state index in [2.05, 4.69) is 12.2 Å². The van der Waals surface area contributed by atoms with Crippen LogP contribution in [0.15, 0.2) is 24.3 Å².